The molecule has 1 aromatic carbocycles. The highest BCUT2D eigenvalue weighted by Gasteiger charge is 2.23. The molecule has 1 saturated carbocycles. The van der Waals surface area contributed by atoms with E-state index in [1.54, 1.807) is 12.1 Å². The molecular formula is C14H19NO2. The van der Waals surface area contributed by atoms with Gasteiger partial charge in [-0.25, -0.2) is 4.79 Å². The van der Waals surface area contributed by atoms with Gasteiger partial charge in [-0.15, -0.1) is 0 Å². The van der Waals surface area contributed by atoms with Crippen LogP contribution in [0.2, 0.25) is 0 Å². The van der Waals surface area contributed by atoms with Crippen LogP contribution in [-0.2, 0) is 0 Å². The summed E-state index contributed by atoms with van der Waals surface area (Å²) in [6.07, 6.45) is 3.42. The third-order valence-electron chi connectivity index (χ3n) is 3.50. The highest BCUT2D eigenvalue weighted by molar-refractivity contribution is 5.70. The number of hydrogen-bond acceptors (Lipinski definition) is 2. The summed E-state index contributed by atoms with van der Waals surface area (Å²) in [5, 5.41) is 2.84. The maximum atomic E-state index is 11.5. The molecule has 2 unspecified atom stereocenters. The van der Waals surface area contributed by atoms with Gasteiger partial charge >= 0.3 is 6.09 Å². The third-order valence-corrected chi connectivity index (χ3v) is 3.50. The van der Waals surface area contributed by atoms with Gasteiger partial charge < -0.3 is 10.1 Å². The monoisotopic (exact) mass is 233 g/mol. The fourth-order valence-electron chi connectivity index (χ4n) is 2.37. The maximum absolute atomic E-state index is 11.5. The second-order valence-corrected chi connectivity index (χ2v) is 4.75. The Balaban J connectivity index is 1.74. The fourth-order valence-corrected chi connectivity index (χ4v) is 2.37. The summed E-state index contributed by atoms with van der Waals surface area (Å²) < 4.78 is 5.16. The molecule has 1 aromatic rings. The van der Waals surface area contributed by atoms with Gasteiger partial charge in [-0.1, -0.05) is 38.0 Å². The molecule has 0 saturated heterocycles. The van der Waals surface area contributed by atoms with Crippen LogP contribution >= 0.6 is 0 Å². The molecule has 0 heterocycles. The highest BCUT2D eigenvalue weighted by atomic mass is 16.5. The Hall–Kier alpha value is -1.51. The topological polar surface area (TPSA) is 38.3 Å². The lowest BCUT2D eigenvalue weighted by Crippen LogP contribution is -2.32. The van der Waals surface area contributed by atoms with E-state index in [0.717, 1.165) is 6.54 Å². The largest absolute Gasteiger partial charge is 0.412 e. The van der Waals surface area contributed by atoms with Gasteiger partial charge in [-0.3, -0.25) is 0 Å². The van der Waals surface area contributed by atoms with Gasteiger partial charge in [0.2, 0.25) is 0 Å². The van der Waals surface area contributed by atoms with Gasteiger partial charge in [0.25, 0.3) is 0 Å². The first-order chi connectivity index (χ1) is 8.25. The first-order valence-electron chi connectivity index (χ1n) is 6.26. The standard InChI is InChI=1S/C14H19NO2/c1-11-6-5-7-12(11)10-15-14(16)17-13-8-3-2-4-9-13/h2-4,8-9,11-12H,5-7,10H2,1H3,(H,15,16). The molecule has 0 aromatic heterocycles. The van der Waals surface area contributed by atoms with Gasteiger partial charge in [0, 0.05) is 6.54 Å². The van der Waals surface area contributed by atoms with Crippen molar-refractivity contribution in [3.63, 3.8) is 0 Å². The molecule has 1 aliphatic rings. The van der Waals surface area contributed by atoms with Crippen molar-refractivity contribution in [2.45, 2.75) is 26.2 Å². The van der Waals surface area contributed by atoms with Crippen LogP contribution in [0.1, 0.15) is 26.2 Å². The van der Waals surface area contributed by atoms with Crippen LogP contribution in [0.4, 0.5) is 4.79 Å². The summed E-state index contributed by atoms with van der Waals surface area (Å²) in [4.78, 5) is 11.5. The third kappa shape index (κ3) is 3.48. The molecular weight excluding hydrogens is 214 g/mol. The molecule has 1 fully saturated rings. The molecule has 0 aliphatic heterocycles. The molecule has 1 aliphatic carbocycles. The van der Waals surface area contributed by atoms with E-state index in [-0.39, 0.29) is 6.09 Å². The maximum Gasteiger partial charge on any atom is 0.412 e. The highest BCUT2D eigenvalue weighted by Crippen LogP contribution is 2.30. The Labute approximate surface area is 102 Å². The lowest BCUT2D eigenvalue weighted by atomic mass is 9.98. The fraction of sp³-hybridized carbons (Fsp3) is 0.500. The second-order valence-electron chi connectivity index (χ2n) is 4.75. The van der Waals surface area contributed by atoms with E-state index in [4.69, 9.17) is 4.74 Å². The minimum absolute atomic E-state index is 0.352. The summed E-state index contributed by atoms with van der Waals surface area (Å²) in [6, 6.07) is 9.14. The van der Waals surface area contributed by atoms with Crippen LogP contribution in [0.25, 0.3) is 0 Å². The van der Waals surface area contributed by atoms with E-state index >= 15 is 0 Å². The van der Waals surface area contributed by atoms with Gasteiger partial charge in [0.05, 0.1) is 0 Å². The summed E-state index contributed by atoms with van der Waals surface area (Å²) >= 11 is 0. The van der Waals surface area contributed by atoms with Gasteiger partial charge in [0.15, 0.2) is 0 Å². The Morgan fingerprint density at radius 3 is 2.76 bits per heavy atom. The lowest BCUT2D eigenvalue weighted by molar-refractivity contribution is 0.197. The van der Waals surface area contributed by atoms with E-state index in [0.29, 0.717) is 17.6 Å². The van der Waals surface area contributed by atoms with Crippen molar-refractivity contribution in [1.29, 1.82) is 0 Å². The van der Waals surface area contributed by atoms with E-state index in [1.807, 2.05) is 18.2 Å². The van der Waals surface area contributed by atoms with E-state index in [1.165, 1.54) is 19.3 Å². The summed E-state index contributed by atoms with van der Waals surface area (Å²) in [5.74, 6) is 1.91. The van der Waals surface area contributed by atoms with Crippen molar-refractivity contribution in [3.8, 4) is 5.75 Å². The van der Waals surface area contributed by atoms with Crippen molar-refractivity contribution in [3.05, 3.63) is 30.3 Å². The number of carbonyl (C=O) groups is 1. The number of nitrogens with one attached hydrogen (secondary N) is 1. The van der Waals surface area contributed by atoms with Crippen molar-refractivity contribution in [2.24, 2.45) is 11.8 Å². The molecule has 3 heteroatoms. The molecule has 92 valence electrons. The average molecular weight is 233 g/mol. The number of para-hydroxylation sites is 1. The molecule has 0 radical (unpaired) electrons. The molecule has 0 bridgehead atoms. The summed E-state index contributed by atoms with van der Waals surface area (Å²) in [6.45, 7) is 2.98. The number of ether oxygens (including phenoxy) is 1. The van der Waals surface area contributed by atoms with Crippen LogP contribution < -0.4 is 10.1 Å². The van der Waals surface area contributed by atoms with Crippen molar-refractivity contribution >= 4 is 6.09 Å². The summed E-state index contributed by atoms with van der Waals surface area (Å²) in [5.41, 5.74) is 0. The lowest BCUT2D eigenvalue weighted by Gasteiger charge is -2.15. The Morgan fingerprint density at radius 1 is 1.35 bits per heavy atom. The Kier molecular flexibility index (Phi) is 4.02. The molecule has 2 rings (SSSR count). The molecule has 17 heavy (non-hydrogen) atoms. The number of hydrogen-bond donors (Lipinski definition) is 1. The zero-order valence-corrected chi connectivity index (χ0v) is 10.2. The van der Waals surface area contributed by atoms with Crippen LogP contribution in [0.15, 0.2) is 30.3 Å². The van der Waals surface area contributed by atoms with E-state index in [9.17, 15) is 4.79 Å². The molecule has 0 spiro atoms. The van der Waals surface area contributed by atoms with Crippen molar-refractivity contribution in [2.75, 3.05) is 6.54 Å². The quantitative estimate of drug-likeness (QED) is 0.870. The van der Waals surface area contributed by atoms with E-state index < -0.39 is 0 Å². The number of carbonyl (C=O) groups excluding carboxylic acids is 1. The van der Waals surface area contributed by atoms with Gasteiger partial charge in [-0.05, 0) is 30.4 Å². The molecule has 1 amide bonds. The minimum Gasteiger partial charge on any atom is -0.410 e. The summed E-state index contributed by atoms with van der Waals surface area (Å²) in [7, 11) is 0. The number of benzene rings is 1. The predicted molar refractivity (Wildman–Crippen MR) is 67.0 cm³/mol. The minimum atomic E-state index is -0.352. The number of amides is 1. The first-order valence-corrected chi connectivity index (χ1v) is 6.26. The first kappa shape index (κ1) is 12.0. The SMILES string of the molecule is CC1CCCC1CNC(=O)Oc1ccccc1. The van der Waals surface area contributed by atoms with E-state index in [2.05, 4.69) is 12.2 Å². The molecule has 2 atom stereocenters. The van der Waals surface area contributed by atoms with Crippen LogP contribution in [-0.4, -0.2) is 12.6 Å². The predicted octanol–water partition coefficient (Wildman–Crippen LogP) is 3.21. The molecule has 3 nitrogen and oxygen atoms in total. The zero-order valence-electron chi connectivity index (χ0n) is 10.2. The normalized spacial score (nSPS) is 23.4. The smallest absolute Gasteiger partial charge is 0.410 e. The zero-order chi connectivity index (χ0) is 12.1. The average Bonchev–Trinajstić information content (AvgIpc) is 2.74. The molecule has 1 N–H and O–H groups in total. The van der Waals surface area contributed by atoms with Crippen LogP contribution in [0.5, 0.6) is 5.75 Å². The Bertz CT molecular complexity index is 364. The Morgan fingerprint density at radius 2 is 2.12 bits per heavy atom. The number of rotatable bonds is 3. The van der Waals surface area contributed by atoms with Crippen molar-refractivity contribution in [1.82, 2.24) is 5.32 Å². The van der Waals surface area contributed by atoms with Gasteiger partial charge in [0.1, 0.15) is 5.75 Å². The van der Waals surface area contributed by atoms with Crippen LogP contribution in [0, 0.1) is 11.8 Å². The van der Waals surface area contributed by atoms with Crippen LogP contribution in [0.3, 0.4) is 0 Å². The van der Waals surface area contributed by atoms with Crippen molar-refractivity contribution < 1.29 is 9.53 Å². The van der Waals surface area contributed by atoms with Gasteiger partial charge in [-0.2, -0.15) is 0 Å². The second kappa shape index (κ2) is 5.71.